The van der Waals surface area contributed by atoms with Gasteiger partial charge in [0.05, 0.1) is 0 Å². The van der Waals surface area contributed by atoms with Crippen LogP contribution in [-0.4, -0.2) is 5.71 Å². The average Bonchev–Trinajstić information content (AvgIpc) is 2.56. The van der Waals surface area contributed by atoms with Gasteiger partial charge in [0.15, 0.2) is 0 Å². The predicted octanol–water partition coefficient (Wildman–Crippen LogP) is 4.05. The van der Waals surface area contributed by atoms with Gasteiger partial charge in [-0.15, -0.1) is 0 Å². The average molecular weight is 215 g/mol. The van der Waals surface area contributed by atoms with Gasteiger partial charge in [0.25, 0.3) is 0 Å². The molecule has 0 saturated carbocycles. The number of nitrogens with one attached hydrogen (secondary N) is 1. The molecule has 86 valence electrons. The van der Waals surface area contributed by atoms with Crippen molar-refractivity contribution in [2.75, 3.05) is 0 Å². The van der Waals surface area contributed by atoms with Gasteiger partial charge in [0, 0.05) is 18.6 Å². The third-order valence-electron chi connectivity index (χ3n) is 3.53. The normalized spacial score (nSPS) is 15.0. The molecule has 0 unspecified atom stereocenters. The van der Waals surface area contributed by atoms with Gasteiger partial charge < -0.3 is 5.41 Å². The molecule has 1 heteroatoms. The van der Waals surface area contributed by atoms with E-state index in [2.05, 4.69) is 39.8 Å². The van der Waals surface area contributed by atoms with E-state index in [1.54, 1.807) is 0 Å². The van der Waals surface area contributed by atoms with Crippen LogP contribution in [0.4, 0.5) is 0 Å². The first kappa shape index (κ1) is 11.4. The molecule has 0 heterocycles. The van der Waals surface area contributed by atoms with Crippen molar-refractivity contribution in [2.24, 2.45) is 0 Å². The van der Waals surface area contributed by atoms with Crippen LogP contribution < -0.4 is 0 Å². The van der Waals surface area contributed by atoms with Gasteiger partial charge in [-0.1, -0.05) is 39.8 Å². The van der Waals surface area contributed by atoms with Crippen molar-refractivity contribution in [1.82, 2.24) is 0 Å². The summed E-state index contributed by atoms with van der Waals surface area (Å²) in [6.45, 7) is 8.97. The van der Waals surface area contributed by atoms with Crippen LogP contribution in [0.15, 0.2) is 12.1 Å². The first-order valence-corrected chi connectivity index (χ1v) is 6.21. The first-order chi connectivity index (χ1) is 7.50. The van der Waals surface area contributed by atoms with Gasteiger partial charge in [-0.05, 0) is 34.1 Å². The van der Waals surface area contributed by atoms with Crippen molar-refractivity contribution >= 4 is 5.71 Å². The molecule has 0 aliphatic heterocycles. The molecule has 1 aliphatic carbocycles. The molecular weight excluding hydrogens is 194 g/mol. The lowest BCUT2D eigenvalue weighted by Gasteiger charge is -2.17. The lowest BCUT2D eigenvalue weighted by atomic mass is 9.88. The zero-order chi connectivity index (χ0) is 11.9. The number of benzene rings is 1. The van der Waals surface area contributed by atoms with E-state index in [4.69, 9.17) is 5.41 Å². The smallest absolute Gasteiger partial charge is 0.0177 e. The molecule has 1 aliphatic rings. The summed E-state index contributed by atoms with van der Waals surface area (Å²) in [5.41, 5.74) is 6.67. The number of hydrogen-bond acceptors (Lipinski definition) is 1. The summed E-state index contributed by atoms with van der Waals surface area (Å²) in [6.07, 6.45) is 1.76. The molecule has 0 spiro atoms. The molecule has 0 radical (unpaired) electrons. The Hall–Kier alpha value is -1.11. The van der Waals surface area contributed by atoms with E-state index >= 15 is 0 Å². The molecular formula is C15H21N. The SMILES string of the molecule is CC(C)c1ccc(C(C)C)c2c1CC(=N)C2. The van der Waals surface area contributed by atoms with E-state index in [1.807, 2.05) is 0 Å². The highest BCUT2D eigenvalue weighted by Crippen LogP contribution is 2.34. The molecule has 0 saturated heterocycles. The summed E-state index contributed by atoms with van der Waals surface area (Å²) >= 11 is 0. The summed E-state index contributed by atoms with van der Waals surface area (Å²) in [5, 5.41) is 7.91. The Morgan fingerprint density at radius 1 is 0.875 bits per heavy atom. The lowest BCUT2D eigenvalue weighted by molar-refractivity contribution is 0.826. The highest BCUT2D eigenvalue weighted by molar-refractivity contribution is 5.91. The van der Waals surface area contributed by atoms with Crippen molar-refractivity contribution in [1.29, 1.82) is 5.41 Å². The Balaban J connectivity index is 2.58. The molecule has 0 atom stereocenters. The van der Waals surface area contributed by atoms with Crippen molar-refractivity contribution < 1.29 is 0 Å². The molecule has 1 aromatic rings. The molecule has 1 N–H and O–H groups in total. The monoisotopic (exact) mass is 215 g/mol. The quantitative estimate of drug-likeness (QED) is 0.769. The van der Waals surface area contributed by atoms with E-state index in [0.717, 1.165) is 18.6 Å². The highest BCUT2D eigenvalue weighted by atomic mass is 14.4. The van der Waals surface area contributed by atoms with Gasteiger partial charge >= 0.3 is 0 Å². The Kier molecular flexibility index (Phi) is 2.88. The van der Waals surface area contributed by atoms with Crippen LogP contribution in [0.25, 0.3) is 0 Å². The second kappa shape index (κ2) is 4.04. The fourth-order valence-electron chi connectivity index (χ4n) is 2.72. The van der Waals surface area contributed by atoms with Crippen LogP contribution in [-0.2, 0) is 12.8 Å². The second-order valence-corrected chi connectivity index (χ2v) is 5.47. The summed E-state index contributed by atoms with van der Waals surface area (Å²) < 4.78 is 0. The van der Waals surface area contributed by atoms with E-state index in [-0.39, 0.29) is 0 Å². The zero-order valence-corrected chi connectivity index (χ0v) is 10.7. The fraction of sp³-hybridized carbons (Fsp3) is 0.533. The second-order valence-electron chi connectivity index (χ2n) is 5.47. The van der Waals surface area contributed by atoms with Gasteiger partial charge in [-0.2, -0.15) is 0 Å². The van der Waals surface area contributed by atoms with Gasteiger partial charge in [-0.3, -0.25) is 0 Å². The summed E-state index contributed by atoms with van der Waals surface area (Å²) in [7, 11) is 0. The van der Waals surface area contributed by atoms with Gasteiger partial charge in [0.1, 0.15) is 0 Å². The van der Waals surface area contributed by atoms with E-state index in [1.165, 1.54) is 22.3 Å². The topological polar surface area (TPSA) is 23.9 Å². The molecule has 0 amide bonds. The van der Waals surface area contributed by atoms with E-state index in [9.17, 15) is 0 Å². The van der Waals surface area contributed by atoms with Crippen molar-refractivity contribution in [3.8, 4) is 0 Å². The van der Waals surface area contributed by atoms with Crippen molar-refractivity contribution in [2.45, 2.75) is 52.4 Å². The Bertz CT molecular complexity index is 388. The van der Waals surface area contributed by atoms with E-state index in [0.29, 0.717) is 11.8 Å². The zero-order valence-electron chi connectivity index (χ0n) is 10.7. The Morgan fingerprint density at radius 2 is 1.25 bits per heavy atom. The lowest BCUT2D eigenvalue weighted by Crippen LogP contribution is -2.01. The number of fused-ring (bicyclic) bond motifs is 1. The minimum atomic E-state index is 0.570. The highest BCUT2D eigenvalue weighted by Gasteiger charge is 2.23. The molecule has 0 bridgehead atoms. The van der Waals surface area contributed by atoms with Gasteiger partial charge in [-0.25, -0.2) is 0 Å². The Morgan fingerprint density at radius 3 is 1.56 bits per heavy atom. The molecule has 1 nitrogen and oxygen atoms in total. The molecule has 0 aromatic heterocycles. The summed E-state index contributed by atoms with van der Waals surface area (Å²) in [4.78, 5) is 0. The van der Waals surface area contributed by atoms with Crippen LogP contribution >= 0.6 is 0 Å². The largest absolute Gasteiger partial charge is 0.309 e. The third-order valence-corrected chi connectivity index (χ3v) is 3.53. The number of rotatable bonds is 2. The minimum absolute atomic E-state index is 0.570. The maximum absolute atomic E-state index is 7.91. The molecule has 2 rings (SSSR count). The van der Waals surface area contributed by atoms with Gasteiger partial charge in [0.2, 0.25) is 0 Å². The first-order valence-electron chi connectivity index (χ1n) is 6.21. The maximum Gasteiger partial charge on any atom is 0.0177 e. The van der Waals surface area contributed by atoms with Crippen LogP contribution in [0.2, 0.25) is 0 Å². The van der Waals surface area contributed by atoms with Crippen molar-refractivity contribution in [3.63, 3.8) is 0 Å². The summed E-state index contributed by atoms with van der Waals surface area (Å²) in [6, 6.07) is 4.55. The maximum atomic E-state index is 7.91. The Labute approximate surface area is 98.4 Å². The molecule has 0 fully saturated rings. The third kappa shape index (κ3) is 1.79. The van der Waals surface area contributed by atoms with Crippen molar-refractivity contribution in [3.05, 3.63) is 34.4 Å². The number of hydrogen-bond donors (Lipinski definition) is 1. The van der Waals surface area contributed by atoms with E-state index < -0.39 is 0 Å². The van der Waals surface area contributed by atoms with Crippen LogP contribution in [0.3, 0.4) is 0 Å². The van der Waals surface area contributed by atoms with Crippen LogP contribution in [0, 0.1) is 5.41 Å². The molecule has 1 aromatic carbocycles. The standard InChI is InChI=1S/C15H21N/c1-9(2)12-5-6-13(10(3)4)15-8-11(16)7-14(12)15/h5-6,9-10,16H,7-8H2,1-4H3. The van der Waals surface area contributed by atoms with Crippen LogP contribution in [0.5, 0.6) is 0 Å². The summed E-state index contributed by atoms with van der Waals surface area (Å²) in [5.74, 6) is 1.14. The molecule has 16 heavy (non-hydrogen) atoms. The fourth-order valence-corrected chi connectivity index (χ4v) is 2.72. The minimum Gasteiger partial charge on any atom is -0.309 e. The van der Waals surface area contributed by atoms with Crippen LogP contribution in [0.1, 0.15) is 61.8 Å². The predicted molar refractivity (Wildman–Crippen MR) is 69.8 cm³/mol.